The van der Waals surface area contributed by atoms with Crippen LogP contribution in [0.4, 0.5) is 0 Å². The van der Waals surface area contributed by atoms with Gasteiger partial charge in [0, 0.05) is 17.5 Å². The zero-order valence-corrected chi connectivity index (χ0v) is 10.8. The Kier molecular flexibility index (Phi) is 4.32. The summed E-state index contributed by atoms with van der Waals surface area (Å²) in [5, 5.41) is 18.8. The molecule has 0 aliphatic carbocycles. The Morgan fingerprint density at radius 1 is 1.17 bits per heavy atom. The Hall–Kier alpha value is -2.03. The van der Waals surface area contributed by atoms with Crippen molar-refractivity contribution in [3.63, 3.8) is 0 Å². The Bertz CT molecular complexity index is 477. The maximum absolute atomic E-state index is 10.6. The van der Waals surface area contributed by atoms with Crippen LogP contribution in [0.1, 0.15) is 37.0 Å². The molecular formula is C15H18O3. The smallest absolute Gasteiger partial charge is 0.303 e. The van der Waals surface area contributed by atoms with Crippen molar-refractivity contribution in [1.29, 1.82) is 0 Å². The largest absolute Gasteiger partial charge is 0.507 e. The second-order valence-electron chi connectivity index (χ2n) is 4.49. The standard InChI is InChI=1S/C15H18O3/c1-9(2)12-7-11(5-6-14(16)17)8-13(10(3)4)15(12)18/h7-8,18H,1,3,5-6H2,2,4H3,(H,16,17). The fourth-order valence-corrected chi connectivity index (χ4v) is 1.74. The van der Waals surface area contributed by atoms with E-state index in [1.165, 1.54) is 0 Å². The molecule has 1 rings (SSSR count). The Labute approximate surface area is 107 Å². The lowest BCUT2D eigenvalue weighted by molar-refractivity contribution is -0.136. The third kappa shape index (κ3) is 3.23. The summed E-state index contributed by atoms with van der Waals surface area (Å²) >= 11 is 0. The number of phenolic OH excluding ortho intramolecular Hbond substituents is 1. The lowest BCUT2D eigenvalue weighted by Gasteiger charge is -2.13. The first kappa shape index (κ1) is 14.0. The van der Waals surface area contributed by atoms with E-state index in [9.17, 15) is 9.90 Å². The minimum atomic E-state index is -0.836. The SMILES string of the molecule is C=C(C)c1cc(CCC(=O)O)cc(C(=C)C)c1O. The molecule has 1 aromatic carbocycles. The number of hydrogen-bond acceptors (Lipinski definition) is 2. The molecule has 0 amide bonds. The van der Waals surface area contributed by atoms with Crippen LogP contribution in [-0.2, 0) is 11.2 Å². The van der Waals surface area contributed by atoms with Crippen LogP contribution >= 0.6 is 0 Å². The van der Waals surface area contributed by atoms with Gasteiger partial charge in [-0.25, -0.2) is 0 Å². The minimum Gasteiger partial charge on any atom is -0.507 e. The third-order valence-electron chi connectivity index (χ3n) is 2.72. The maximum Gasteiger partial charge on any atom is 0.303 e. The number of carbonyl (C=O) groups is 1. The molecule has 0 aliphatic heterocycles. The fraction of sp³-hybridized carbons (Fsp3) is 0.267. The van der Waals surface area contributed by atoms with Crippen molar-refractivity contribution in [2.24, 2.45) is 0 Å². The summed E-state index contributed by atoms with van der Waals surface area (Å²) in [6.07, 6.45) is 0.492. The zero-order chi connectivity index (χ0) is 13.9. The Morgan fingerprint density at radius 2 is 1.61 bits per heavy atom. The highest BCUT2D eigenvalue weighted by molar-refractivity contribution is 5.77. The number of allylic oxidation sites excluding steroid dienone is 2. The molecular weight excluding hydrogens is 228 g/mol. The summed E-state index contributed by atoms with van der Waals surface area (Å²) < 4.78 is 0. The lowest BCUT2D eigenvalue weighted by Crippen LogP contribution is -1.99. The Balaban J connectivity index is 3.24. The van der Waals surface area contributed by atoms with E-state index in [-0.39, 0.29) is 12.2 Å². The molecule has 0 spiro atoms. The molecule has 0 saturated carbocycles. The zero-order valence-electron chi connectivity index (χ0n) is 10.8. The summed E-state index contributed by atoms with van der Waals surface area (Å²) in [7, 11) is 0. The van der Waals surface area contributed by atoms with Crippen molar-refractivity contribution >= 4 is 17.1 Å². The highest BCUT2D eigenvalue weighted by Gasteiger charge is 2.12. The number of carboxylic acids is 1. The van der Waals surface area contributed by atoms with Crippen LogP contribution in [-0.4, -0.2) is 16.2 Å². The van der Waals surface area contributed by atoms with E-state index >= 15 is 0 Å². The third-order valence-corrected chi connectivity index (χ3v) is 2.72. The number of carboxylic acid groups (broad SMARTS) is 1. The van der Waals surface area contributed by atoms with E-state index in [0.717, 1.165) is 16.7 Å². The van der Waals surface area contributed by atoms with Gasteiger partial charge in [0.05, 0.1) is 0 Å². The second-order valence-corrected chi connectivity index (χ2v) is 4.49. The number of aryl methyl sites for hydroxylation is 1. The van der Waals surface area contributed by atoms with Gasteiger partial charge in [0.25, 0.3) is 0 Å². The molecule has 3 nitrogen and oxygen atoms in total. The summed E-state index contributed by atoms with van der Waals surface area (Å²) in [6.45, 7) is 11.2. The molecule has 18 heavy (non-hydrogen) atoms. The first-order valence-electron chi connectivity index (χ1n) is 5.72. The van der Waals surface area contributed by atoms with Gasteiger partial charge in [-0.2, -0.15) is 0 Å². The van der Waals surface area contributed by atoms with Gasteiger partial charge in [-0.05, 0) is 49.1 Å². The van der Waals surface area contributed by atoms with Crippen LogP contribution in [0, 0.1) is 0 Å². The molecule has 1 aromatic rings. The quantitative estimate of drug-likeness (QED) is 0.836. The van der Waals surface area contributed by atoms with Crippen molar-refractivity contribution in [3.8, 4) is 5.75 Å². The van der Waals surface area contributed by atoms with Gasteiger partial charge in [-0.3, -0.25) is 4.79 Å². The van der Waals surface area contributed by atoms with Crippen molar-refractivity contribution in [3.05, 3.63) is 42.0 Å². The predicted molar refractivity (Wildman–Crippen MR) is 73.5 cm³/mol. The van der Waals surface area contributed by atoms with Gasteiger partial charge >= 0.3 is 5.97 Å². The lowest BCUT2D eigenvalue weighted by atomic mass is 9.95. The van der Waals surface area contributed by atoms with Gasteiger partial charge in [0.1, 0.15) is 5.75 Å². The number of hydrogen-bond donors (Lipinski definition) is 2. The van der Waals surface area contributed by atoms with Crippen LogP contribution in [0.3, 0.4) is 0 Å². The van der Waals surface area contributed by atoms with Crippen molar-refractivity contribution in [2.75, 3.05) is 0 Å². The molecule has 0 atom stereocenters. The average molecular weight is 246 g/mol. The van der Waals surface area contributed by atoms with Gasteiger partial charge in [0.15, 0.2) is 0 Å². The molecule has 0 unspecified atom stereocenters. The van der Waals surface area contributed by atoms with E-state index in [1.807, 2.05) is 0 Å². The number of phenols is 1. The maximum atomic E-state index is 10.6. The van der Waals surface area contributed by atoms with Crippen molar-refractivity contribution in [2.45, 2.75) is 26.7 Å². The number of aliphatic carboxylic acids is 1. The van der Waals surface area contributed by atoms with Crippen LogP contribution in [0.15, 0.2) is 25.3 Å². The molecule has 0 aromatic heterocycles. The first-order valence-corrected chi connectivity index (χ1v) is 5.72. The number of benzene rings is 1. The van der Waals surface area contributed by atoms with Gasteiger partial charge in [-0.15, -0.1) is 0 Å². The molecule has 0 aliphatic rings. The highest BCUT2D eigenvalue weighted by atomic mass is 16.4. The normalized spacial score (nSPS) is 10.1. The molecule has 0 radical (unpaired) electrons. The molecule has 0 bridgehead atoms. The van der Waals surface area contributed by atoms with Gasteiger partial charge in [-0.1, -0.05) is 13.2 Å². The second kappa shape index (κ2) is 5.54. The van der Waals surface area contributed by atoms with E-state index in [1.54, 1.807) is 26.0 Å². The van der Waals surface area contributed by atoms with E-state index in [4.69, 9.17) is 5.11 Å². The first-order chi connectivity index (χ1) is 8.32. The van der Waals surface area contributed by atoms with Crippen LogP contribution in [0.25, 0.3) is 11.1 Å². The van der Waals surface area contributed by atoms with Gasteiger partial charge < -0.3 is 10.2 Å². The van der Waals surface area contributed by atoms with E-state index in [0.29, 0.717) is 17.5 Å². The van der Waals surface area contributed by atoms with Crippen molar-refractivity contribution in [1.82, 2.24) is 0 Å². The monoisotopic (exact) mass is 246 g/mol. The predicted octanol–water partition coefficient (Wildman–Crippen LogP) is 3.48. The average Bonchev–Trinajstić information content (AvgIpc) is 2.26. The summed E-state index contributed by atoms with van der Waals surface area (Å²) in [6, 6.07) is 3.57. The van der Waals surface area contributed by atoms with Crippen LogP contribution in [0.5, 0.6) is 5.75 Å². The van der Waals surface area contributed by atoms with Crippen LogP contribution < -0.4 is 0 Å². The van der Waals surface area contributed by atoms with Gasteiger partial charge in [0.2, 0.25) is 0 Å². The Morgan fingerprint density at radius 3 is 1.94 bits per heavy atom. The number of aromatic hydroxyl groups is 1. The summed E-state index contributed by atoms with van der Waals surface area (Å²) in [4.78, 5) is 10.6. The fourth-order valence-electron chi connectivity index (χ4n) is 1.74. The topological polar surface area (TPSA) is 57.5 Å². The molecule has 0 heterocycles. The molecule has 2 N–H and O–H groups in total. The van der Waals surface area contributed by atoms with E-state index < -0.39 is 5.97 Å². The minimum absolute atomic E-state index is 0.0655. The highest BCUT2D eigenvalue weighted by Crippen LogP contribution is 2.33. The molecule has 0 saturated heterocycles. The molecule has 96 valence electrons. The molecule has 0 fully saturated rings. The summed E-state index contributed by atoms with van der Waals surface area (Å²) in [5.41, 5.74) is 3.65. The number of rotatable bonds is 5. The van der Waals surface area contributed by atoms with Crippen molar-refractivity contribution < 1.29 is 15.0 Å². The van der Waals surface area contributed by atoms with E-state index in [2.05, 4.69) is 13.2 Å². The summed E-state index contributed by atoms with van der Waals surface area (Å²) in [5.74, 6) is -0.675. The van der Waals surface area contributed by atoms with Crippen LogP contribution in [0.2, 0.25) is 0 Å². The molecule has 3 heteroatoms.